The van der Waals surface area contributed by atoms with Crippen LogP contribution in [0, 0.1) is 11.3 Å². The molecule has 1 amide bonds. The van der Waals surface area contributed by atoms with Crippen molar-refractivity contribution in [3.05, 3.63) is 34.5 Å². The molecule has 1 aliphatic carbocycles. The molecule has 5 rings (SSSR count). The lowest BCUT2D eigenvalue weighted by molar-refractivity contribution is -0.134. The summed E-state index contributed by atoms with van der Waals surface area (Å²) in [5.41, 5.74) is 9.15. The lowest BCUT2D eigenvalue weighted by Crippen LogP contribution is -2.36. The summed E-state index contributed by atoms with van der Waals surface area (Å²) in [7, 11) is 0. The van der Waals surface area contributed by atoms with Gasteiger partial charge in [-0.05, 0) is 57.6 Å². The van der Waals surface area contributed by atoms with Crippen LogP contribution >= 0.6 is 11.3 Å². The number of likely N-dealkylation sites (tertiary alicyclic amines) is 1. The molecule has 0 bridgehead atoms. The number of rotatable bonds is 6. The summed E-state index contributed by atoms with van der Waals surface area (Å²) in [5, 5.41) is 12.1. The van der Waals surface area contributed by atoms with Gasteiger partial charge in [-0.25, -0.2) is 9.97 Å². The molecule has 3 aromatic rings. The maximum atomic E-state index is 13.0. The van der Waals surface area contributed by atoms with E-state index in [-0.39, 0.29) is 12.0 Å². The quantitative estimate of drug-likeness (QED) is 0.354. The van der Waals surface area contributed by atoms with Gasteiger partial charge >= 0.3 is 0 Å². The Morgan fingerprint density at radius 1 is 1.32 bits per heavy atom. The van der Waals surface area contributed by atoms with Gasteiger partial charge in [0.2, 0.25) is 5.91 Å². The second-order valence-electron chi connectivity index (χ2n) is 9.29. The lowest BCUT2D eigenvalue weighted by atomic mass is 9.87. The smallest absolute Gasteiger partial charge is 0.226 e. The Hall–Kier alpha value is -3.20. The molecule has 0 radical (unpaired) electrons. The summed E-state index contributed by atoms with van der Waals surface area (Å²) in [4.78, 5) is 26.3. The van der Waals surface area contributed by atoms with Crippen molar-refractivity contribution in [1.82, 2.24) is 14.9 Å². The number of carbonyl (C=O) groups excluding carboxylic acids is 1. The monoisotopic (exact) mass is 478 g/mol. The molecule has 0 spiro atoms. The van der Waals surface area contributed by atoms with E-state index >= 15 is 0 Å². The number of hydrogen-bond acceptors (Lipinski definition) is 8. The summed E-state index contributed by atoms with van der Waals surface area (Å²) in [6, 6.07) is 3.57. The number of nitrogen functional groups attached to an aromatic ring is 1. The highest BCUT2D eigenvalue weighted by Gasteiger charge is 2.32. The van der Waals surface area contributed by atoms with Gasteiger partial charge in [-0.1, -0.05) is 0 Å². The fourth-order valence-electron chi connectivity index (χ4n) is 4.93. The number of aromatic nitrogens is 2. The number of nitrogens with zero attached hydrogens (tertiary/aromatic N) is 3. The molecule has 4 N–H and O–H groups in total. The molecule has 1 atom stereocenters. The van der Waals surface area contributed by atoms with Crippen molar-refractivity contribution < 1.29 is 9.53 Å². The lowest BCUT2D eigenvalue weighted by Gasteiger charge is -2.26. The van der Waals surface area contributed by atoms with E-state index in [9.17, 15) is 4.79 Å². The zero-order valence-electron chi connectivity index (χ0n) is 19.6. The van der Waals surface area contributed by atoms with Gasteiger partial charge in [0, 0.05) is 47.4 Å². The van der Waals surface area contributed by atoms with Gasteiger partial charge < -0.3 is 26.1 Å². The predicted octanol–water partition coefficient (Wildman–Crippen LogP) is 4.53. The van der Waals surface area contributed by atoms with E-state index < -0.39 is 0 Å². The van der Waals surface area contributed by atoms with Crippen molar-refractivity contribution in [2.24, 2.45) is 5.92 Å². The fraction of sp³-hybridized carbons (Fsp3) is 0.440. The minimum Gasteiger partial charge on any atom is -0.489 e. The summed E-state index contributed by atoms with van der Waals surface area (Å²) < 4.78 is 5.99. The van der Waals surface area contributed by atoms with E-state index in [2.05, 4.69) is 15.3 Å². The topological polar surface area (TPSA) is 117 Å². The molecule has 178 valence electrons. The Morgan fingerprint density at radius 3 is 2.85 bits per heavy atom. The van der Waals surface area contributed by atoms with Gasteiger partial charge in [0.1, 0.15) is 22.7 Å². The second-order valence-corrected chi connectivity index (χ2v) is 10.4. The number of thiophene rings is 1. The van der Waals surface area contributed by atoms with E-state index in [1.54, 1.807) is 23.7 Å². The molecule has 1 unspecified atom stereocenters. The number of benzene rings is 1. The van der Waals surface area contributed by atoms with Crippen LogP contribution < -0.4 is 15.8 Å². The van der Waals surface area contributed by atoms with Crippen molar-refractivity contribution in [2.45, 2.75) is 52.1 Å². The number of nitrogens with two attached hydrogens (primary N) is 1. The van der Waals surface area contributed by atoms with Gasteiger partial charge in [-0.3, -0.25) is 4.79 Å². The number of carbonyl (C=O) groups is 1. The molecule has 1 aromatic carbocycles. The minimum atomic E-state index is -0.0322. The van der Waals surface area contributed by atoms with E-state index in [4.69, 9.17) is 15.9 Å². The Kier molecular flexibility index (Phi) is 6.12. The predicted molar refractivity (Wildman–Crippen MR) is 137 cm³/mol. The number of fused-ring (bicyclic) bond motifs is 3. The van der Waals surface area contributed by atoms with Crippen molar-refractivity contribution in [3.63, 3.8) is 0 Å². The van der Waals surface area contributed by atoms with E-state index in [0.29, 0.717) is 34.4 Å². The third-order valence-electron chi connectivity index (χ3n) is 6.57. The molecule has 9 heteroatoms. The Bertz CT molecular complexity index is 1250. The van der Waals surface area contributed by atoms with Gasteiger partial charge in [0.05, 0.1) is 17.2 Å². The number of ether oxygens (including phenoxy) is 1. The number of anilines is 3. The van der Waals surface area contributed by atoms with Gasteiger partial charge in [0.25, 0.3) is 0 Å². The van der Waals surface area contributed by atoms with E-state index in [1.165, 1.54) is 16.7 Å². The third-order valence-corrected chi connectivity index (χ3v) is 7.73. The van der Waals surface area contributed by atoms with Crippen LogP contribution in [-0.4, -0.2) is 46.2 Å². The van der Waals surface area contributed by atoms with Crippen LogP contribution in [0.2, 0.25) is 0 Å². The molecule has 34 heavy (non-hydrogen) atoms. The first-order chi connectivity index (χ1) is 16.4. The van der Waals surface area contributed by atoms with Crippen molar-refractivity contribution in [2.75, 3.05) is 24.1 Å². The molecule has 1 aliphatic heterocycles. The maximum absolute atomic E-state index is 13.0. The molecule has 1 fully saturated rings. The van der Waals surface area contributed by atoms with Crippen molar-refractivity contribution >= 4 is 50.9 Å². The second kappa shape index (κ2) is 9.21. The van der Waals surface area contributed by atoms with Gasteiger partial charge in [-0.15, -0.1) is 11.3 Å². The first kappa shape index (κ1) is 22.6. The summed E-state index contributed by atoms with van der Waals surface area (Å²) in [6.45, 7) is 5.72. The average molecular weight is 479 g/mol. The first-order valence-corrected chi connectivity index (χ1v) is 12.7. The largest absolute Gasteiger partial charge is 0.489 e. The zero-order valence-corrected chi connectivity index (χ0v) is 20.4. The fourth-order valence-corrected chi connectivity index (χ4v) is 6.19. The van der Waals surface area contributed by atoms with Crippen LogP contribution in [0.25, 0.3) is 10.2 Å². The SMILES string of the molecule is CC(C)Oc1cc(N)c(C=N)cc1Nc1ncnc2sc3c(c12)CCC(C(=O)N1CCCC1)C3. The van der Waals surface area contributed by atoms with Gasteiger partial charge in [-0.2, -0.15) is 0 Å². The highest BCUT2D eigenvalue weighted by molar-refractivity contribution is 7.19. The van der Waals surface area contributed by atoms with Crippen LogP contribution in [0.15, 0.2) is 18.5 Å². The highest BCUT2D eigenvalue weighted by atomic mass is 32.1. The van der Waals surface area contributed by atoms with Crippen LogP contribution in [0.5, 0.6) is 5.75 Å². The first-order valence-electron chi connectivity index (χ1n) is 11.9. The van der Waals surface area contributed by atoms with Crippen LogP contribution in [0.4, 0.5) is 17.2 Å². The Labute approximate surface area is 203 Å². The van der Waals surface area contributed by atoms with Gasteiger partial charge in [0.15, 0.2) is 0 Å². The maximum Gasteiger partial charge on any atom is 0.226 e. The van der Waals surface area contributed by atoms with Crippen LogP contribution in [0.1, 0.15) is 49.1 Å². The zero-order chi connectivity index (χ0) is 23.8. The van der Waals surface area contributed by atoms with E-state index in [0.717, 1.165) is 55.4 Å². The average Bonchev–Trinajstić information content (AvgIpc) is 3.47. The third kappa shape index (κ3) is 4.20. The molecule has 2 aromatic heterocycles. The number of hydrogen-bond donors (Lipinski definition) is 3. The molecule has 8 nitrogen and oxygen atoms in total. The summed E-state index contributed by atoms with van der Waals surface area (Å²) in [5.74, 6) is 1.69. The highest BCUT2D eigenvalue weighted by Crippen LogP contribution is 2.42. The molecular formula is C25H30N6O2S. The molecule has 2 aliphatic rings. The standard InChI is InChI=1S/C25H30N6O2S/c1-14(2)33-20-11-18(27)16(12-26)9-19(20)30-23-22-17-6-5-15(25(32)31-7-3-4-8-31)10-21(17)34-24(22)29-13-28-23/h9,11-15,26H,3-8,10,27H2,1-2H3,(H,28,29,30). The Morgan fingerprint density at radius 2 is 2.12 bits per heavy atom. The van der Waals surface area contributed by atoms with Crippen molar-refractivity contribution in [1.29, 1.82) is 5.41 Å². The molecule has 1 saturated heterocycles. The summed E-state index contributed by atoms with van der Waals surface area (Å²) >= 11 is 1.66. The van der Waals surface area contributed by atoms with Crippen molar-refractivity contribution in [3.8, 4) is 5.75 Å². The van der Waals surface area contributed by atoms with E-state index in [1.807, 2.05) is 24.8 Å². The minimum absolute atomic E-state index is 0.0322. The molecule has 3 heterocycles. The molecular weight excluding hydrogens is 448 g/mol. The van der Waals surface area contributed by atoms with Crippen LogP contribution in [-0.2, 0) is 17.6 Å². The normalized spacial score (nSPS) is 17.7. The van der Waals surface area contributed by atoms with Crippen LogP contribution in [0.3, 0.4) is 0 Å². The number of amides is 1. The Balaban J connectivity index is 1.49. The number of aryl methyl sites for hydroxylation is 1. The molecule has 0 saturated carbocycles. The number of nitrogens with one attached hydrogen (secondary N) is 2. The summed E-state index contributed by atoms with van der Waals surface area (Å²) in [6.07, 6.45) is 7.46.